The molecule has 0 saturated heterocycles. The third-order valence-corrected chi connectivity index (χ3v) is 6.28. The Morgan fingerprint density at radius 1 is 1.04 bits per heavy atom. The summed E-state index contributed by atoms with van der Waals surface area (Å²) < 4.78 is 28.9. The fourth-order valence-corrected chi connectivity index (χ4v) is 5.14. The summed E-state index contributed by atoms with van der Waals surface area (Å²) in [7, 11) is -3.75. The van der Waals surface area contributed by atoms with Crippen LogP contribution in [0.5, 0.6) is 0 Å². The van der Waals surface area contributed by atoms with E-state index in [0.717, 1.165) is 5.56 Å². The number of benzene rings is 1. The normalized spacial score (nSPS) is 15.9. The molecule has 140 valence electrons. The lowest BCUT2D eigenvalue weighted by molar-refractivity contribution is 0.0670. The van der Waals surface area contributed by atoms with Crippen LogP contribution >= 0.6 is 0 Å². The number of aryl methyl sites for hydroxylation is 3. The standard InChI is InChI=1S/C20H31NO3S/c1-9-17(19(22)13(4)5)18(12(2)3)21-25(23,24)20-15(7)10-14(6)11-16(20)8/h1,10-13,17-19,21-22H,2-8H3/t17-,18-,19-/m0/s1. The fourth-order valence-electron chi connectivity index (χ4n) is 3.28. The second-order valence-electron chi connectivity index (χ2n) is 7.55. The number of terminal acetylenes is 1. The van der Waals surface area contributed by atoms with Crippen molar-refractivity contribution in [2.24, 2.45) is 17.8 Å². The largest absolute Gasteiger partial charge is 0.392 e. The Morgan fingerprint density at radius 3 is 1.88 bits per heavy atom. The van der Waals surface area contributed by atoms with Crippen LogP contribution in [0, 0.1) is 50.9 Å². The number of aliphatic hydroxyl groups excluding tert-OH is 1. The van der Waals surface area contributed by atoms with Crippen molar-refractivity contribution >= 4 is 10.0 Å². The smallest absolute Gasteiger partial charge is 0.241 e. The summed E-state index contributed by atoms with van der Waals surface area (Å²) in [5, 5.41) is 10.4. The van der Waals surface area contributed by atoms with E-state index in [-0.39, 0.29) is 11.8 Å². The molecule has 1 aromatic rings. The van der Waals surface area contributed by atoms with Crippen LogP contribution in [0.1, 0.15) is 44.4 Å². The molecule has 0 fully saturated rings. The summed E-state index contributed by atoms with van der Waals surface area (Å²) in [6.07, 6.45) is 4.87. The van der Waals surface area contributed by atoms with Gasteiger partial charge in [-0.3, -0.25) is 0 Å². The zero-order valence-electron chi connectivity index (χ0n) is 16.3. The van der Waals surface area contributed by atoms with Crippen LogP contribution < -0.4 is 4.72 Å². The van der Waals surface area contributed by atoms with E-state index in [1.165, 1.54) is 0 Å². The van der Waals surface area contributed by atoms with Gasteiger partial charge in [-0.15, -0.1) is 6.42 Å². The van der Waals surface area contributed by atoms with E-state index in [1.54, 1.807) is 13.8 Å². The lowest BCUT2D eigenvalue weighted by atomic mass is 9.83. The van der Waals surface area contributed by atoms with Gasteiger partial charge in [0.15, 0.2) is 0 Å². The zero-order valence-corrected chi connectivity index (χ0v) is 17.1. The molecule has 1 rings (SSSR count). The first-order chi connectivity index (χ1) is 11.4. The van der Waals surface area contributed by atoms with Crippen molar-refractivity contribution in [3.63, 3.8) is 0 Å². The van der Waals surface area contributed by atoms with Crippen LogP contribution in [-0.2, 0) is 10.0 Å². The Hall–Kier alpha value is -1.35. The van der Waals surface area contributed by atoms with Gasteiger partial charge >= 0.3 is 0 Å². The van der Waals surface area contributed by atoms with Gasteiger partial charge < -0.3 is 5.11 Å². The summed E-state index contributed by atoms with van der Waals surface area (Å²) in [5.41, 5.74) is 2.43. The van der Waals surface area contributed by atoms with Crippen LogP contribution in [0.15, 0.2) is 17.0 Å². The van der Waals surface area contributed by atoms with Gasteiger partial charge in [-0.05, 0) is 43.7 Å². The van der Waals surface area contributed by atoms with Gasteiger partial charge in [0.05, 0.1) is 16.9 Å². The van der Waals surface area contributed by atoms with Crippen LogP contribution in [0.25, 0.3) is 0 Å². The first kappa shape index (κ1) is 21.7. The lowest BCUT2D eigenvalue weighted by Gasteiger charge is -2.32. The zero-order chi connectivity index (χ0) is 19.5. The Morgan fingerprint density at radius 2 is 1.52 bits per heavy atom. The minimum Gasteiger partial charge on any atom is -0.392 e. The Kier molecular flexibility index (Phi) is 7.25. The highest BCUT2D eigenvalue weighted by Gasteiger charge is 2.35. The molecule has 0 aliphatic rings. The van der Waals surface area contributed by atoms with Crippen molar-refractivity contribution < 1.29 is 13.5 Å². The molecule has 0 bridgehead atoms. The second-order valence-corrected chi connectivity index (χ2v) is 9.20. The summed E-state index contributed by atoms with van der Waals surface area (Å²) in [6, 6.07) is 3.16. The highest BCUT2D eigenvalue weighted by atomic mass is 32.2. The van der Waals surface area contributed by atoms with E-state index in [1.807, 2.05) is 46.8 Å². The third kappa shape index (κ3) is 5.07. The molecule has 0 spiro atoms. The highest BCUT2D eigenvalue weighted by molar-refractivity contribution is 7.89. The van der Waals surface area contributed by atoms with Gasteiger partial charge in [-0.25, -0.2) is 13.1 Å². The van der Waals surface area contributed by atoms with Gasteiger partial charge in [-0.1, -0.05) is 51.3 Å². The van der Waals surface area contributed by atoms with Crippen LogP contribution in [0.2, 0.25) is 0 Å². The van der Waals surface area contributed by atoms with Crippen LogP contribution in [-0.4, -0.2) is 25.7 Å². The highest BCUT2D eigenvalue weighted by Crippen LogP contribution is 2.26. The van der Waals surface area contributed by atoms with Gasteiger partial charge in [0.1, 0.15) is 0 Å². The fraction of sp³-hybridized carbons (Fsp3) is 0.600. The number of aliphatic hydroxyl groups is 1. The number of hydrogen-bond donors (Lipinski definition) is 2. The topological polar surface area (TPSA) is 66.4 Å². The molecule has 0 saturated carbocycles. The number of nitrogens with one attached hydrogen (secondary N) is 1. The lowest BCUT2D eigenvalue weighted by Crippen LogP contribution is -2.48. The Labute approximate surface area is 153 Å². The van der Waals surface area contributed by atoms with E-state index >= 15 is 0 Å². The summed E-state index contributed by atoms with van der Waals surface area (Å²) in [4.78, 5) is 0.290. The van der Waals surface area contributed by atoms with E-state index in [4.69, 9.17) is 6.42 Å². The first-order valence-electron chi connectivity index (χ1n) is 8.66. The van der Waals surface area contributed by atoms with Crippen molar-refractivity contribution in [3.8, 4) is 12.3 Å². The molecule has 0 radical (unpaired) electrons. The maximum absolute atomic E-state index is 13.1. The van der Waals surface area contributed by atoms with Crippen LogP contribution in [0.4, 0.5) is 0 Å². The maximum Gasteiger partial charge on any atom is 0.241 e. The Bertz CT molecular complexity index is 722. The van der Waals surface area contributed by atoms with Gasteiger partial charge in [0.2, 0.25) is 10.0 Å². The molecule has 25 heavy (non-hydrogen) atoms. The molecule has 0 aliphatic carbocycles. The summed E-state index contributed by atoms with van der Waals surface area (Å²) in [5.74, 6) is 1.88. The maximum atomic E-state index is 13.1. The molecule has 0 amide bonds. The van der Waals surface area contributed by atoms with E-state index in [2.05, 4.69) is 10.6 Å². The molecule has 0 heterocycles. The van der Waals surface area contributed by atoms with Gasteiger partial charge in [0.25, 0.3) is 0 Å². The summed E-state index contributed by atoms with van der Waals surface area (Å²) >= 11 is 0. The van der Waals surface area contributed by atoms with Crippen LogP contribution in [0.3, 0.4) is 0 Å². The van der Waals surface area contributed by atoms with E-state index in [0.29, 0.717) is 16.0 Å². The molecule has 0 aliphatic heterocycles. The van der Waals surface area contributed by atoms with Gasteiger partial charge in [0, 0.05) is 6.04 Å². The van der Waals surface area contributed by atoms with Crippen molar-refractivity contribution in [1.82, 2.24) is 4.72 Å². The average molecular weight is 366 g/mol. The van der Waals surface area contributed by atoms with Gasteiger partial charge in [-0.2, -0.15) is 0 Å². The molecule has 2 N–H and O–H groups in total. The monoisotopic (exact) mass is 365 g/mol. The SMILES string of the molecule is C#C[C@H]([C@@H](O)C(C)C)[C@@H](NS(=O)(=O)c1c(C)cc(C)cc1C)C(C)C. The van der Waals surface area contributed by atoms with Crippen molar-refractivity contribution in [1.29, 1.82) is 0 Å². The van der Waals surface area contributed by atoms with Crippen molar-refractivity contribution in [3.05, 3.63) is 28.8 Å². The average Bonchev–Trinajstić information content (AvgIpc) is 2.44. The molecule has 0 aromatic heterocycles. The molecule has 3 atom stereocenters. The molecule has 4 nitrogen and oxygen atoms in total. The van der Waals surface area contributed by atoms with E-state index in [9.17, 15) is 13.5 Å². The quantitative estimate of drug-likeness (QED) is 0.729. The molecule has 1 aromatic carbocycles. The molecule has 0 unspecified atom stereocenters. The first-order valence-corrected chi connectivity index (χ1v) is 10.1. The second kappa shape index (κ2) is 8.35. The third-order valence-electron chi connectivity index (χ3n) is 4.51. The minimum absolute atomic E-state index is 0.0599. The number of sulfonamides is 1. The number of rotatable bonds is 7. The van der Waals surface area contributed by atoms with E-state index < -0.39 is 28.1 Å². The predicted octanol–water partition coefficient (Wildman–Crippen LogP) is 3.18. The Balaban J connectivity index is 3.33. The molecular formula is C20H31NO3S. The molecular weight excluding hydrogens is 334 g/mol. The van der Waals surface area contributed by atoms with Crippen molar-refractivity contribution in [2.45, 2.75) is 65.5 Å². The minimum atomic E-state index is -3.75. The number of hydrogen-bond acceptors (Lipinski definition) is 3. The predicted molar refractivity (Wildman–Crippen MR) is 103 cm³/mol. The summed E-state index contributed by atoms with van der Waals surface area (Å²) in [6.45, 7) is 13.1. The molecule has 5 heteroatoms. The van der Waals surface area contributed by atoms with Crippen molar-refractivity contribution in [2.75, 3.05) is 0 Å².